The van der Waals surface area contributed by atoms with Crippen LogP contribution in [-0.4, -0.2) is 33.6 Å². The van der Waals surface area contributed by atoms with Crippen LogP contribution in [0.1, 0.15) is 34.8 Å². The number of hydrogen-bond acceptors (Lipinski definition) is 6. The van der Waals surface area contributed by atoms with Crippen LogP contribution in [0.3, 0.4) is 0 Å². The first-order valence-electron chi connectivity index (χ1n) is 10.8. The van der Waals surface area contributed by atoms with Gasteiger partial charge in [0, 0.05) is 29.9 Å². The average molecular weight is 478 g/mol. The van der Waals surface area contributed by atoms with Gasteiger partial charge in [-0.25, -0.2) is 15.4 Å². The number of carbonyl (C=O) groups is 1. The highest BCUT2D eigenvalue weighted by atomic mass is 19.4. The van der Waals surface area contributed by atoms with Crippen molar-refractivity contribution in [3.63, 3.8) is 0 Å². The normalized spacial score (nSPS) is 11.7. The van der Waals surface area contributed by atoms with E-state index in [9.17, 15) is 18.0 Å². The first-order chi connectivity index (χ1) is 16.8. The number of anilines is 1. The summed E-state index contributed by atoms with van der Waals surface area (Å²) in [6.45, 7) is 2.60. The van der Waals surface area contributed by atoms with Crippen molar-refractivity contribution < 1.29 is 18.0 Å². The van der Waals surface area contributed by atoms with Crippen molar-refractivity contribution in [3.8, 4) is 11.4 Å². The molecular formula is C25H21F3N6O. The Labute approximate surface area is 199 Å². The number of fused-ring (bicyclic) bond motifs is 1. The minimum absolute atomic E-state index is 0.201. The molecule has 0 unspecified atom stereocenters. The van der Waals surface area contributed by atoms with Gasteiger partial charge in [0.25, 0.3) is 5.91 Å². The highest BCUT2D eigenvalue weighted by Gasteiger charge is 2.31. The molecule has 0 saturated carbocycles. The minimum atomic E-state index is -4.47. The largest absolute Gasteiger partial charge is 0.416 e. The summed E-state index contributed by atoms with van der Waals surface area (Å²) in [5.74, 6) is 0.383. The molecule has 2 aromatic heterocycles. The van der Waals surface area contributed by atoms with E-state index in [1.54, 1.807) is 42.6 Å². The molecule has 0 atom stereocenters. The van der Waals surface area contributed by atoms with Crippen molar-refractivity contribution in [1.29, 1.82) is 0 Å². The molecule has 35 heavy (non-hydrogen) atoms. The second kappa shape index (κ2) is 10.3. The van der Waals surface area contributed by atoms with Crippen LogP contribution in [0, 0.1) is 0 Å². The molecule has 0 aliphatic rings. The van der Waals surface area contributed by atoms with Gasteiger partial charge in [-0.05, 0) is 42.3 Å². The van der Waals surface area contributed by atoms with Crippen LogP contribution in [0.2, 0.25) is 0 Å². The summed E-state index contributed by atoms with van der Waals surface area (Å²) in [5, 5.41) is 7.63. The van der Waals surface area contributed by atoms with Crippen molar-refractivity contribution in [1.82, 2.24) is 20.4 Å². The second-order valence-electron chi connectivity index (χ2n) is 7.62. The van der Waals surface area contributed by atoms with Crippen molar-refractivity contribution in [3.05, 3.63) is 83.7 Å². The first kappa shape index (κ1) is 23.8. The molecule has 0 spiro atoms. The number of halogens is 3. The predicted octanol–water partition coefficient (Wildman–Crippen LogP) is 5.30. The third-order valence-electron chi connectivity index (χ3n) is 5.04. The Bertz CT molecular complexity index is 1360. The SMILES string of the molecule is CCCNc1nc(-c2ccc(/C=N/NC(=O)c3cccnc3)cc2)nc2cc(C(F)(F)F)ccc12. The quantitative estimate of drug-likeness (QED) is 0.278. The van der Waals surface area contributed by atoms with Crippen molar-refractivity contribution >= 4 is 28.8 Å². The monoisotopic (exact) mass is 478 g/mol. The molecule has 0 saturated heterocycles. The van der Waals surface area contributed by atoms with Gasteiger partial charge in [-0.2, -0.15) is 18.3 Å². The van der Waals surface area contributed by atoms with Crippen molar-refractivity contribution in [2.24, 2.45) is 5.10 Å². The number of hydrogen-bond donors (Lipinski definition) is 2. The van der Waals surface area contributed by atoms with E-state index in [1.807, 2.05) is 6.92 Å². The van der Waals surface area contributed by atoms with E-state index >= 15 is 0 Å². The zero-order chi connectivity index (χ0) is 24.8. The Kier molecular flexibility index (Phi) is 7.00. The van der Waals surface area contributed by atoms with Gasteiger partial charge in [-0.3, -0.25) is 9.78 Å². The third-order valence-corrected chi connectivity index (χ3v) is 5.04. The summed E-state index contributed by atoms with van der Waals surface area (Å²) >= 11 is 0. The molecule has 4 rings (SSSR count). The fraction of sp³-hybridized carbons (Fsp3) is 0.160. The maximum absolute atomic E-state index is 13.2. The molecule has 0 aliphatic heterocycles. The van der Waals surface area contributed by atoms with Crippen molar-refractivity contribution in [2.45, 2.75) is 19.5 Å². The highest BCUT2D eigenvalue weighted by molar-refractivity contribution is 5.94. The lowest BCUT2D eigenvalue weighted by Crippen LogP contribution is -2.17. The molecular weight excluding hydrogens is 457 g/mol. The number of nitrogens with zero attached hydrogens (tertiary/aromatic N) is 4. The number of nitrogens with one attached hydrogen (secondary N) is 2. The summed E-state index contributed by atoms with van der Waals surface area (Å²) in [6.07, 6.45) is 0.836. The van der Waals surface area contributed by atoms with Gasteiger partial charge in [0.1, 0.15) is 5.82 Å². The molecule has 7 nitrogen and oxygen atoms in total. The Balaban J connectivity index is 1.58. The van der Waals surface area contributed by atoms with Crippen LogP contribution in [0.5, 0.6) is 0 Å². The minimum Gasteiger partial charge on any atom is -0.369 e. The van der Waals surface area contributed by atoms with E-state index in [-0.39, 0.29) is 11.4 Å². The van der Waals surface area contributed by atoms with Gasteiger partial charge in [0.2, 0.25) is 0 Å². The first-order valence-corrected chi connectivity index (χ1v) is 10.8. The van der Waals surface area contributed by atoms with Crippen molar-refractivity contribution in [2.75, 3.05) is 11.9 Å². The molecule has 0 fully saturated rings. The Hall–Kier alpha value is -4.34. The van der Waals surface area contributed by atoms with Gasteiger partial charge in [0.05, 0.1) is 22.9 Å². The van der Waals surface area contributed by atoms with Gasteiger partial charge in [0.15, 0.2) is 5.82 Å². The van der Waals surface area contributed by atoms with Gasteiger partial charge in [-0.1, -0.05) is 31.2 Å². The maximum atomic E-state index is 13.2. The van der Waals surface area contributed by atoms with Crippen LogP contribution in [0.15, 0.2) is 72.1 Å². The van der Waals surface area contributed by atoms with Gasteiger partial charge in [-0.15, -0.1) is 0 Å². The molecule has 0 aliphatic carbocycles. The topological polar surface area (TPSA) is 92.2 Å². The molecule has 10 heteroatoms. The molecule has 2 N–H and O–H groups in total. The number of alkyl halides is 3. The number of carbonyl (C=O) groups excluding carboxylic acids is 1. The number of pyridine rings is 1. The standard InChI is InChI=1S/C25H21F3N6O/c1-2-11-30-23-20-10-9-19(25(26,27)28)13-21(20)32-22(33-23)17-7-5-16(6-8-17)14-31-34-24(35)18-4-3-12-29-15-18/h3-10,12-15H,2,11H2,1H3,(H,34,35)(H,30,32,33)/b31-14+. The molecule has 178 valence electrons. The molecule has 0 bridgehead atoms. The fourth-order valence-electron chi connectivity index (χ4n) is 3.26. The van der Waals surface area contributed by atoms with E-state index in [1.165, 1.54) is 18.5 Å². The van der Waals surface area contributed by atoms with Gasteiger partial charge < -0.3 is 5.32 Å². The fourth-order valence-corrected chi connectivity index (χ4v) is 3.26. The van der Waals surface area contributed by atoms with E-state index in [0.29, 0.717) is 40.3 Å². The Morgan fingerprint density at radius 2 is 1.89 bits per heavy atom. The highest BCUT2D eigenvalue weighted by Crippen LogP contribution is 2.33. The summed E-state index contributed by atoms with van der Waals surface area (Å²) < 4.78 is 39.7. The molecule has 2 aromatic carbocycles. The van der Waals surface area contributed by atoms with E-state index in [0.717, 1.165) is 18.6 Å². The number of hydrazone groups is 1. The Morgan fingerprint density at radius 1 is 1.09 bits per heavy atom. The van der Waals surface area contributed by atoms with Crippen LogP contribution >= 0.6 is 0 Å². The average Bonchev–Trinajstić information content (AvgIpc) is 2.87. The summed E-state index contributed by atoms with van der Waals surface area (Å²) in [5.41, 5.74) is 3.57. The Morgan fingerprint density at radius 3 is 2.57 bits per heavy atom. The number of amides is 1. The van der Waals surface area contributed by atoms with Crippen LogP contribution in [0.4, 0.5) is 19.0 Å². The lowest BCUT2D eigenvalue weighted by atomic mass is 10.1. The number of aromatic nitrogens is 3. The number of rotatable bonds is 7. The third kappa shape index (κ3) is 5.78. The summed E-state index contributed by atoms with van der Waals surface area (Å²) in [6, 6.07) is 13.7. The summed E-state index contributed by atoms with van der Waals surface area (Å²) in [4.78, 5) is 24.8. The van der Waals surface area contributed by atoms with Crippen LogP contribution in [0.25, 0.3) is 22.3 Å². The van der Waals surface area contributed by atoms with Crippen LogP contribution < -0.4 is 10.7 Å². The molecule has 0 radical (unpaired) electrons. The van der Waals surface area contributed by atoms with E-state index in [4.69, 9.17) is 0 Å². The molecule has 2 heterocycles. The van der Waals surface area contributed by atoms with Gasteiger partial charge >= 0.3 is 6.18 Å². The number of benzene rings is 2. The van der Waals surface area contributed by atoms with E-state index < -0.39 is 11.7 Å². The van der Waals surface area contributed by atoms with E-state index in [2.05, 4.69) is 30.8 Å². The molecule has 1 amide bonds. The lowest BCUT2D eigenvalue weighted by Gasteiger charge is -2.13. The van der Waals surface area contributed by atoms with Crippen LogP contribution in [-0.2, 0) is 6.18 Å². The summed E-state index contributed by atoms with van der Waals surface area (Å²) in [7, 11) is 0. The molecule has 4 aromatic rings. The zero-order valence-electron chi connectivity index (χ0n) is 18.7. The lowest BCUT2D eigenvalue weighted by molar-refractivity contribution is -0.137. The predicted molar refractivity (Wildman–Crippen MR) is 128 cm³/mol. The maximum Gasteiger partial charge on any atom is 0.416 e. The smallest absolute Gasteiger partial charge is 0.369 e. The second-order valence-corrected chi connectivity index (χ2v) is 7.62. The zero-order valence-corrected chi connectivity index (χ0v) is 18.7.